The van der Waals surface area contributed by atoms with E-state index in [0.717, 1.165) is 33.7 Å². The van der Waals surface area contributed by atoms with Crippen LogP contribution in [0.25, 0.3) is 22.2 Å². The third-order valence-corrected chi connectivity index (χ3v) is 3.19. The molecule has 3 rings (SSSR count). The summed E-state index contributed by atoms with van der Waals surface area (Å²) in [5.74, 6) is 1.53. The van der Waals surface area contributed by atoms with Crippen molar-refractivity contribution in [3.05, 3.63) is 48.8 Å². The number of pyridine rings is 2. The number of hydrogen-bond acceptors (Lipinski definition) is 4. The Hall–Kier alpha value is -2.62. The molecule has 3 aromatic rings. The first-order chi connectivity index (χ1) is 9.83. The van der Waals surface area contributed by atoms with E-state index < -0.39 is 0 Å². The number of benzene rings is 1. The molecule has 2 heterocycles. The van der Waals surface area contributed by atoms with E-state index in [-0.39, 0.29) is 0 Å². The van der Waals surface area contributed by atoms with Gasteiger partial charge in [0, 0.05) is 23.3 Å². The van der Waals surface area contributed by atoms with Crippen molar-refractivity contribution < 1.29 is 9.47 Å². The fraction of sp³-hybridized carbons (Fsp3) is 0.125. The zero-order valence-electron chi connectivity index (χ0n) is 11.3. The topological polar surface area (TPSA) is 44.2 Å². The highest BCUT2D eigenvalue weighted by atomic mass is 16.5. The highest BCUT2D eigenvalue weighted by Crippen LogP contribution is 2.35. The van der Waals surface area contributed by atoms with Gasteiger partial charge in [0.1, 0.15) is 11.5 Å². The lowest BCUT2D eigenvalue weighted by atomic mass is 10.1. The summed E-state index contributed by atoms with van der Waals surface area (Å²) in [4.78, 5) is 8.84. The third kappa shape index (κ3) is 2.05. The van der Waals surface area contributed by atoms with Gasteiger partial charge in [-0.3, -0.25) is 9.97 Å². The van der Waals surface area contributed by atoms with Gasteiger partial charge in [0.05, 0.1) is 25.4 Å². The van der Waals surface area contributed by atoms with Crippen LogP contribution in [0.5, 0.6) is 11.5 Å². The molecule has 0 bridgehead atoms. The Kier molecular flexibility index (Phi) is 3.21. The fourth-order valence-corrected chi connectivity index (χ4v) is 2.22. The molecule has 0 aliphatic heterocycles. The van der Waals surface area contributed by atoms with Crippen molar-refractivity contribution in [2.75, 3.05) is 14.2 Å². The maximum atomic E-state index is 5.43. The highest BCUT2D eigenvalue weighted by molar-refractivity contribution is 5.93. The van der Waals surface area contributed by atoms with E-state index in [1.807, 2.05) is 36.4 Å². The van der Waals surface area contributed by atoms with Gasteiger partial charge in [-0.15, -0.1) is 0 Å². The molecule has 20 heavy (non-hydrogen) atoms. The minimum atomic E-state index is 0.759. The molecule has 0 N–H and O–H groups in total. The molecule has 0 spiro atoms. The largest absolute Gasteiger partial charge is 0.497 e. The van der Waals surface area contributed by atoms with Crippen LogP contribution in [0.3, 0.4) is 0 Å². The van der Waals surface area contributed by atoms with Crippen molar-refractivity contribution in [2.24, 2.45) is 0 Å². The Balaban J connectivity index is 2.30. The molecule has 0 aliphatic carbocycles. The summed E-state index contributed by atoms with van der Waals surface area (Å²) in [6, 6.07) is 11.5. The molecule has 2 aromatic heterocycles. The van der Waals surface area contributed by atoms with Crippen LogP contribution in [0.4, 0.5) is 0 Å². The summed E-state index contributed by atoms with van der Waals surface area (Å²) >= 11 is 0. The lowest BCUT2D eigenvalue weighted by Crippen LogP contribution is -1.93. The lowest BCUT2D eigenvalue weighted by Gasteiger charge is -2.11. The van der Waals surface area contributed by atoms with E-state index in [1.54, 1.807) is 26.6 Å². The molecule has 0 aliphatic rings. The van der Waals surface area contributed by atoms with Crippen molar-refractivity contribution in [3.63, 3.8) is 0 Å². The number of rotatable bonds is 3. The zero-order valence-corrected chi connectivity index (χ0v) is 11.3. The SMILES string of the molecule is COc1ccc(OC)c(-c2nccc3ncccc23)c1. The van der Waals surface area contributed by atoms with Gasteiger partial charge in [-0.1, -0.05) is 0 Å². The molecule has 0 radical (unpaired) electrons. The summed E-state index contributed by atoms with van der Waals surface area (Å²) in [6.07, 6.45) is 3.53. The van der Waals surface area contributed by atoms with Gasteiger partial charge in [-0.05, 0) is 36.4 Å². The summed E-state index contributed by atoms with van der Waals surface area (Å²) in [7, 11) is 3.29. The van der Waals surface area contributed by atoms with Crippen LogP contribution < -0.4 is 9.47 Å². The lowest BCUT2D eigenvalue weighted by molar-refractivity contribution is 0.404. The first-order valence-electron chi connectivity index (χ1n) is 6.25. The number of methoxy groups -OCH3 is 2. The number of fused-ring (bicyclic) bond motifs is 1. The van der Waals surface area contributed by atoms with E-state index in [1.165, 1.54) is 0 Å². The standard InChI is InChI=1S/C16H14N2O2/c1-19-11-5-6-15(20-2)13(10-11)16-12-4-3-8-17-14(12)7-9-18-16/h3-10H,1-2H3. The van der Waals surface area contributed by atoms with E-state index in [0.29, 0.717) is 0 Å². The van der Waals surface area contributed by atoms with Gasteiger partial charge in [0.25, 0.3) is 0 Å². The van der Waals surface area contributed by atoms with Crippen LogP contribution in [0.1, 0.15) is 0 Å². The average molecular weight is 266 g/mol. The number of ether oxygens (including phenoxy) is 2. The third-order valence-electron chi connectivity index (χ3n) is 3.19. The summed E-state index contributed by atoms with van der Waals surface area (Å²) in [5.41, 5.74) is 2.64. The maximum Gasteiger partial charge on any atom is 0.128 e. The Labute approximate surface area is 117 Å². The smallest absolute Gasteiger partial charge is 0.128 e. The molecule has 100 valence electrons. The molecule has 0 amide bonds. The molecule has 4 nitrogen and oxygen atoms in total. The van der Waals surface area contributed by atoms with Crippen LogP contribution in [-0.2, 0) is 0 Å². The molecule has 0 saturated carbocycles. The monoisotopic (exact) mass is 266 g/mol. The summed E-state index contributed by atoms with van der Waals surface area (Å²) in [5, 5.41) is 0.988. The van der Waals surface area contributed by atoms with Crippen LogP contribution >= 0.6 is 0 Å². The second kappa shape index (κ2) is 5.17. The van der Waals surface area contributed by atoms with Crippen molar-refractivity contribution in [3.8, 4) is 22.8 Å². The molecule has 0 saturated heterocycles. The molecule has 4 heteroatoms. The van der Waals surface area contributed by atoms with Crippen molar-refractivity contribution in [1.29, 1.82) is 0 Å². The predicted molar refractivity (Wildman–Crippen MR) is 78.1 cm³/mol. The van der Waals surface area contributed by atoms with E-state index in [9.17, 15) is 0 Å². The summed E-state index contributed by atoms with van der Waals surface area (Å²) < 4.78 is 10.7. The van der Waals surface area contributed by atoms with E-state index in [2.05, 4.69) is 9.97 Å². The first kappa shape index (κ1) is 12.4. The zero-order chi connectivity index (χ0) is 13.9. The summed E-state index contributed by atoms with van der Waals surface area (Å²) in [6.45, 7) is 0. The Morgan fingerprint density at radius 3 is 2.60 bits per heavy atom. The molecular weight excluding hydrogens is 252 g/mol. The van der Waals surface area contributed by atoms with Crippen LogP contribution in [-0.4, -0.2) is 24.2 Å². The molecular formula is C16H14N2O2. The minimum absolute atomic E-state index is 0.759. The number of nitrogens with zero attached hydrogens (tertiary/aromatic N) is 2. The fourth-order valence-electron chi connectivity index (χ4n) is 2.22. The Morgan fingerprint density at radius 2 is 1.80 bits per heavy atom. The average Bonchev–Trinajstić information content (AvgIpc) is 2.53. The second-order valence-electron chi connectivity index (χ2n) is 4.30. The maximum absolute atomic E-state index is 5.43. The second-order valence-corrected chi connectivity index (χ2v) is 4.30. The van der Waals surface area contributed by atoms with E-state index >= 15 is 0 Å². The first-order valence-corrected chi connectivity index (χ1v) is 6.25. The number of aromatic nitrogens is 2. The molecule has 0 atom stereocenters. The minimum Gasteiger partial charge on any atom is -0.497 e. The Bertz CT molecular complexity index is 751. The Morgan fingerprint density at radius 1 is 0.900 bits per heavy atom. The highest BCUT2D eigenvalue weighted by Gasteiger charge is 2.12. The quantitative estimate of drug-likeness (QED) is 0.729. The van der Waals surface area contributed by atoms with Crippen LogP contribution in [0.15, 0.2) is 48.8 Å². The normalized spacial score (nSPS) is 10.5. The van der Waals surface area contributed by atoms with Crippen molar-refractivity contribution in [1.82, 2.24) is 9.97 Å². The van der Waals surface area contributed by atoms with Crippen LogP contribution in [0, 0.1) is 0 Å². The van der Waals surface area contributed by atoms with Crippen molar-refractivity contribution >= 4 is 10.9 Å². The van der Waals surface area contributed by atoms with Gasteiger partial charge in [0.2, 0.25) is 0 Å². The molecule has 0 unspecified atom stereocenters. The van der Waals surface area contributed by atoms with Gasteiger partial charge < -0.3 is 9.47 Å². The van der Waals surface area contributed by atoms with Crippen LogP contribution in [0.2, 0.25) is 0 Å². The van der Waals surface area contributed by atoms with Crippen molar-refractivity contribution in [2.45, 2.75) is 0 Å². The van der Waals surface area contributed by atoms with Gasteiger partial charge >= 0.3 is 0 Å². The molecule has 0 fully saturated rings. The van der Waals surface area contributed by atoms with Gasteiger partial charge in [-0.2, -0.15) is 0 Å². The van der Waals surface area contributed by atoms with Gasteiger partial charge in [-0.25, -0.2) is 0 Å². The molecule has 1 aromatic carbocycles. The predicted octanol–water partition coefficient (Wildman–Crippen LogP) is 3.31. The van der Waals surface area contributed by atoms with Gasteiger partial charge in [0.15, 0.2) is 0 Å². The van der Waals surface area contributed by atoms with E-state index in [4.69, 9.17) is 9.47 Å². The number of hydrogen-bond donors (Lipinski definition) is 0.